The number of hydrogen-bond donors (Lipinski definition) is 0. The Morgan fingerprint density at radius 1 is 1.05 bits per heavy atom. The average Bonchev–Trinajstić information content (AvgIpc) is 2.48. The first-order valence-electron chi connectivity index (χ1n) is 6.74. The van der Waals surface area contributed by atoms with E-state index >= 15 is 0 Å². The van der Waals surface area contributed by atoms with Crippen LogP contribution >= 0.6 is 0 Å². The molecule has 2 rings (SSSR count). The maximum absolute atomic E-state index is 12.1. The largest absolute Gasteiger partial charge is 0.435 e. The van der Waals surface area contributed by atoms with Gasteiger partial charge in [0.25, 0.3) is 0 Å². The van der Waals surface area contributed by atoms with Gasteiger partial charge in [-0.1, -0.05) is 12.1 Å². The van der Waals surface area contributed by atoms with E-state index in [1.54, 1.807) is 36.7 Å². The van der Waals surface area contributed by atoms with Gasteiger partial charge in [0.15, 0.2) is 0 Å². The lowest BCUT2D eigenvalue weighted by Crippen LogP contribution is -2.20. The van der Waals surface area contributed by atoms with E-state index in [1.165, 1.54) is 5.56 Å². The third-order valence-electron chi connectivity index (χ3n) is 3.13. The van der Waals surface area contributed by atoms with Gasteiger partial charge < -0.3 is 9.64 Å². The number of pyridine rings is 1. The number of nitrogens with zero attached hydrogens (tertiary/aromatic N) is 2. The number of halogens is 2. The summed E-state index contributed by atoms with van der Waals surface area (Å²) in [5.41, 5.74) is 2.31. The molecule has 0 unspecified atom stereocenters. The summed E-state index contributed by atoms with van der Waals surface area (Å²) >= 11 is 0. The molecule has 0 amide bonds. The molecule has 112 valence electrons. The summed E-state index contributed by atoms with van der Waals surface area (Å²) in [5, 5.41) is 0. The number of alkyl halides is 2. The molecule has 2 aromatic rings. The van der Waals surface area contributed by atoms with E-state index in [2.05, 4.69) is 14.6 Å². The molecule has 0 aliphatic carbocycles. The number of ether oxygens (including phenoxy) is 1. The average molecular weight is 292 g/mol. The number of hydrogen-bond acceptors (Lipinski definition) is 3. The minimum absolute atomic E-state index is 0.188. The quantitative estimate of drug-likeness (QED) is 0.782. The third-order valence-corrected chi connectivity index (χ3v) is 3.13. The van der Waals surface area contributed by atoms with Crippen molar-refractivity contribution in [3.05, 3.63) is 59.9 Å². The van der Waals surface area contributed by atoms with Crippen LogP contribution in [0.5, 0.6) is 5.75 Å². The Hall–Kier alpha value is -2.01. The highest BCUT2D eigenvalue weighted by Gasteiger charge is 2.05. The molecule has 0 N–H and O–H groups in total. The summed E-state index contributed by atoms with van der Waals surface area (Å²) in [5.74, 6) is 0.188. The summed E-state index contributed by atoms with van der Waals surface area (Å²) in [7, 11) is 2.03. The molecule has 1 heterocycles. The highest BCUT2D eigenvalue weighted by Crippen LogP contribution is 2.15. The highest BCUT2D eigenvalue weighted by molar-refractivity contribution is 5.27. The van der Waals surface area contributed by atoms with Crippen molar-refractivity contribution in [2.45, 2.75) is 19.6 Å². The van der Waals surface area contributed by atoms with Crippen LogP contribution in [0.3, 0.4) is 0 Å². The van der Waals surface area contributed by atoms with Crippen LogP contribution in [0.25, 0.3) is 0 Å². The van der Waals surface area contributed by atoms with E-state index in [4.69, 9.17) is 0 Å². The fourth-order valence-corrected chi connectivity index (χ4v) is 2.04. The molecule has 0 fully saturated rings. The molecule has 0 spiro atoms. The number of rotatable bonds is 7. The van der Waals surface area contributed by atoms with Crippen LogP contribution in [-0.2, 0) is 13.0 Å². The molecule has 0 saturated heterocycles. The van der Waals surface area contributed by atoms with Gasteiger partial charge in [0.2, 0.25) is 0 Å². The van der Waals surface area contributed by atoms with Crippen LogP contribution in [0.4, 0.5) is 8.78 Å². The topological polar surface area (TPSA) is 25.4 Å². The predicted octanol–water partition coefficient (Wildman–Crippen LogP) is 3.36. The zero-order chi connectivity index (χ0) is 15.1. The van der Waals surface area contributed by atoms with Gasteiger partial charge in [-0.05, 0) is 48.9 Å². The fourth-order valence-electron chi connectivity index (χ4n) is 2.04. The summed E-state index contributed by atoms with van der Waals surface area (Å²) in [6.07, 6.45) is 4.53. The van der Waals surface area contributed by atoms with Crippen LogP contribution < -0.4 is 4.74 Å². The monoisotopic (exact) mass is 292 g/mol. The number of aromatic nitrogens is 1. The lowest BCUT2D eigenvalue weighted by atomic mass is 10.1. The Balaban J connectivity index is 1.80. The molecule has 21 heavy (non-hydrogen) atoms. The van der Waals surface area contributed by atoms with Gasteiger partial charge in [0.05, 0.1) is 0 Å². The molecular formula is C16H18F2N2O. The van der Waals surface area contributed by atoms with E-state index in [1.807, 2.05) is 19.2 Å². The van der Waals surface area contributed by atoms with Crippen LogP contribution in [0.15, 0.2) is 48.8 Å². The summed E-state index contributed by atoms with van der Waals surface area (Å²) in [4.78, 5) is 6.17. The Morgan fingerprint density at radius 2 is 1.71 bits per heavy atom. The lowest BCUT2D eigenvalue weighted by Gasteiger charge is -2.17. The van der Waals surface area contributed by atoms with Crippen molar-refractivity contribution in [3.8, 4) is 5.75 Å². The first-order valence-corrected chi connectivity index (χ1v) is 6.74. The molecule has 0 aliphatic heterocycles. The van der Waals surface area contributed by atoms with E-state index in [-0.39, 0.29) is 5.75 Å². The van der Waals surface area contributed by atoms with Crippen LogP contribution in [-0.4, -0.2) is 30.1 Å². The van der Waals surface area contributed by atoms with Crippen molar-refractivity contribution in [2.75, 3.05) is 13.6 Å². The Morgan fingerprint density at radius 3 is 2.33 bits per heavy atom. The van der Waals surface area contributed by atoms with Gasteiger partial charge in [-0.3, -0.25) is 4.98 Å². The Labute approximate surface area is 123 Å². The van der Waals surface area contributed by atoms with Crippen LogP contribution in [0.1, 0.15) is 11.1 Å². The predicted molar refractivity (Wildman–Crippen MR) is 77.3 cm³/mol. The Bertz CT molecular complexity index is 532. The maximum atomic E-state index is 12.1. The van der Waals surface area contributed by atoms with E-state index in [0.29, 0.717) is 0 Å². The van der Waals surface area contributed by atoms with Crippen molar-refractivity contribution in [1.29, 1.82) is 0 Å². The van der Waals surface area contributed by atoms with Gasteiger partial charge in [-0.2, -0.15) is 8.78 Å². The molecule has 0 saturated carbocycles. The molecule has 0 atom stereocenters. The normalized spacial score (nSPS) is 11.1. The second-order valence-electron chi connectivity index (χ2n) is 4.87. The van der Waals surface area contributed by atoms with Crippen LogP contribution in [0.2, 0.25) is 0 Å². The van der Waals surface area contributed by atoms with Gasteiger partial charge in [0, 0.05) is 25.5 Å². The van der Waals surface area contributed by atoms with E-state index in [0.717, 1.165) is 25.1 Å². The standard InChI is InChI=1S/C16H18F2N2O/c1-20(11-8-13-6-9-19-10-7-13)12-14-2-4-15(5-3-14)21-16(17)18/h2-7,9-10,16H,8,11-12H2,1H3. The molecule has 0 bridgehead atoms. The summed E-state index contributed by atoms with van der Waals surface area (Å²) in [6, 6.07) is 10.8. The second-order valence-corrected chi connectivity index (χ2v) is 4.87. The molecule has 0 radical (unpaired) electrons. The van der Waals surface area contributed by atoms with Gasteiger partial charge in [-0.15, -0.1) is 0 Å². The fraction of sp³-hybridized carbons (Fsp3) is 0.312. The van der Waals surface area contributed by atoms with Crippen molar-refractivity contribution < 1.29 is 13.5 Å². The third kappa shape index (κ3) is 5.47. The van der Waals surface area contributed by atoms with Crippen LogP contribution in [0, 0.1) is 0 Å². The maximum Gasteiger partial charge on any atom is 0.387 e. The minimum atomic E-state index is -2.78. The lowest BCUT2D eigenvalue weighted by molar-refractivity contribution is -0.0498. The Kier molecular flexibility index (Phi) is 5.63. The molecule has 3 nitrogen and oxygen atoms in total. The molecule has 0 aliphatic rings. The van der Waals surface area contributed by atoms with E-state index < -0.39 is 6.61 Å². The van der Waals surface area contributed by atoms with Gasteiger partial charge in [-0.25, -0.2) is 0 Å². The first-order chi connectivity index (χ1) is 10.1. The first kappa shape index (κ1) is 15.4. The number of likely N-dealkylation sites (N-methyl/N-ethyl adjacent to an activating group) is 1. The molecular weight excluding hydrogens is 274 g/mol. The van der Waals surface area contributed by atoms with Gasteiger partial charge >= 0.3 is 6.61 Å². The van der Waals surface area contributed by atoms with Crippen molar-refractivity contribution in [2.24, 2.45) is 0 Å². The zero-order valence-corrected chi connectivity index (χ0v) is 11.9. The molecule has 1 aromatic carbocycles. The van der Waals surface area contributed by atoms with Crippen molar-refractivity contribution in [1.82, 2.24) is 9.88 Å². The summed E-state index contributed by atoms with van der Waals surface area (Å²) < 4.78 is 28.4. The minimum Gasteiger partial charge on any atom is -0.435 e. The zero-order valence-electron chi connectivity index (χ0n) is 11.9. The SMILES string of the molecule is CN(CCc1ccncc1)Cc1ccc(OC(F)F)cc1. The summed E-state index contributed by atoms with van der Waals surface area (Å²) in [6.45, 7) is -1.10. The smallest absolute Gasteiger partial charge is 0.387 e. The molecule has 1 aromatic heterocycles. The number of benzene rings is 1. The highest BCUT2D eigenvalue weighted by atomic mass is 19.3. The van der Waals surface area contributed by atoms with E-state index in [9.17, 15) is 8.78 Å². The van der Waals surface area contributed by atoms with Crippen molar-refractivity contribution >= 4 is 0 Å². The molecule has 5 heteroatoms. The second kappa shape index (κ2) is 7.69. The van der Waals surface area contributed by atoms with Gasteiger partial charge in [0.1, 0.15) is 5.75 Å². The van der Waals surface area contributed by atoms with Crippen molar-refractivity contribution in [3.63, 3.8) is 0 Å².